The number of aryl methyl sites for hydroxylation is 2. The Morgan fingerprint density at radius 2 is 1.69 bits per heavy atom. The average Bonchev–Trinajstić information content (AvgIpc) is 3.08. The van der Waals surface area contributed by atoms with E-state index < -0.39 is 11.8 Å². The van der Waals surface area contributed by atoms with Gasteiger partial charge in [-0.15, -0.1) is 0 Å². The van der Waals surface area contributed by atoms with Crippen LogP contribution in [0.4, 0.5) is 13.2 Å². The zero-order valence-electron chi connectivity index (χ0n) is 14.5. The topological polar surface area (TPSA) is 21.6 Å². The van der Waals surface area contributed by atoms with Crippen LogP contribution < -0.4 is 0 Å². The summed E-state index contributed by atoms with van der Waals surface area (Å²) in [7, 11) is 0. The molecule has 0 spiro atoms. The maximum absolute atomic E-state index is 14.1. The first-order valence-corrected chi connectivity index (χ1v) is 8.80. The second-order valence-corrected chi connectivity index (χ2v) is 6.70. The molecule has 0 aliphatic carbocycles. The van der Waals surface area contributed by atoms with Gasteiger partial charge in [0.2, 0.25) is 0 Å². The molecule has 1 radical (unpaired) electrons. The van der Waals surface area contributed by atoms with Gasteiger partial charge in [-0.3, -0.25) is 0 Å². The minimum Gasteiger partial charge on any atom is -0.374 e. The highest BCUT2D eigenvalue weighted by atomic mass is 35.5. The first-order valence-electron chi connectivity index (χ1n) is 8.42. The first kappa shape index (κ1) is 18.8. The molecule has 0 aromatic heterocycles. The van der Waals surface area contributed by atoms with Gasteiger partial charge in [0.25, 0.3) is 5.60 Å². The van der Waals surface area contributed by atoms with E-state index in [0.717, 1.165) is 11.1 Å². The number of halogens is 4. The quantitative estimate of drug-likeness (QED) is 0.652. The predicted molar refractivity (Wildman–Crippen MR) is 95.5 cm³/mol. The second kappa shape index (κ2) is 6.95. The lowest BCUT2D eigenvalue weighted by molar-refractivity contribution is -0.275. The molecule has 0 fully saturated rings. The molecule has 0 bridgehead atoms. The van der Waals surface area contributed by atoms with Crippen molar-refractivity contribution in [2.45, 2.75) is 44.9 Å². The fourth-order valence-electron chi connectivity index (χ4n) is 3.01. The predicted octanol–water partition coefficient (Wildman–Crippen LogP) is 5.85. The molecule has 26 heavy (non-hydrogen) atoms. The van der Waals surface area contributed by atoms with Crippen molar-refractivity contribution < 1.29 is 18.0 Å². The van der Waals surface area contributed by atoms with Crippen LogP contribution in [-0.4, -0.2) is 11.9 Å². The molecular weight excluding hydrogens is 363 g/mol. The highest BCUT2D eigenvalue weighted by molar-refractivity contribution is 6.30. The molecule has 3 rings (SSSR count). The zero-order chi connectivity index (χ0) is 18.9. The lowest BCUT2D eigenvalue weighted by Crippen LogP contribution is -2.42. The molecule has 0 N–H and O–H groups in total. The summed E-state index contributed by atoms with van der Waals surface area (Å²) < 4.78 is 42.3. The molecule has 137 valence electrons. The van der Waals surface area contributed by atoms with Gasteiger partial charge in [-0.2, -0.15) is 13.2 Å². The Morgan fingerprint density at radius 1 is 1.12 bits per heavy atom. The molecule has 1 unspecified atom stereocenters. The number of alkyl halides is 3. The summed E-state index contributed by atoms with van der Waals surface area (Å²) in [5.41, 5.74) is -0.133. The van der Waals surface area contributed by atoms with E-state index in [1.807, 2.05) is 13.8 Å². The first-order chi connectivity index (χ1) is 12.3. The minimum atomic E-state index is -4.61. The van der Waals surface area contributed by atoms with Crippen molar-refractivity contribution >= 4 is 17.3 Å². The molecular formula is C20H18ClF3NO. The maximum Gasteiger partial charge on any atom is 0.435 e. The van der Waals surface area contributed by atoms with Crippen LogP contribution >= 0.6 is 11.6 Å². The smallest absolute Gasteiger partial charge is 0.374 e. The van der Waals surface area contributed by atoms with Crippen molar-refractivity contribution in [2.24, 2.45) is 5.16 Å². The van der Waals surface area contributed by atoms with E-state index in [9.17, 15) is 13.2 Å². The van der Waals surface area contributed by atoms with Gasteiger partial charge < -0.3 is 4.84 Å². The summed E-state index contributed by atoms with van der Waals surface area (Å²) in [4.78, 5) is 5.10. The summed E-state index contributed by atoms with van der Waals surface area (Å²) in [6, 6.07) is 12.7. The van der Waals surface area contributed by atoms with Crippen molar-refractivity contribution in [3.8, 4) is 0 Å². The van der Waals surface area contributed by atoms with E-state index in [4.69, 9.17) is 16.4 Å². The fraction of sp³-hybridized carbons (Fsp3) is 0.350. The van der Waals surface area contributed by atoms with Crippen molar-refractivity contribution in [3.05, 3.63) is 69.7 Å². The van der Waals surface area contributed by atoms with Gasteiger partial charge in [0, 0.05) is 17.0 Å². The van der Waals surface area contributed by atoms with Crippen molar-refractivity contribution in [2.75, 3.05) is 0 Å². The lowest BCUT2D eigenvalue weighted by Gasteiger charge is -2.30. The Kier molecular flexibility index (Phi) is 5.02. The van der Waals surface area contributed by atoms with Gasteiger partial charge in [0.1, 0.15) is 0 Å². The number of oxime groups is 1. The number of hydrogen-bond donors (Lipinski definition) is 0. The van der Waals surface area contributed by atoms with Crippen LogP contribution in [0.25, 0.3) is 0 Å². The number of hydrogen-bond acceptors (Lipinski definition) is 2. The van der Waals surface area contributed by atoms with E-state index in [1.165, 1.54) is 12.1 Å². The largest absolute Gasteiger partial charge is 0.435 e. The molecule has 1 heterocycles. The van der Waals surface area contributed by atoms with Crippen LogP contribution in [-0.2, 0) is 23.3 Å². The highest BCUT2D eigenvalue weighted by Crippen LogP contribution is 2.49. The molecule has 1 aliphatic rings. The molecule has 6 heteroatoms. The van der Waals surface area contributed by atoms with Gasteiger partial charge in [-0.25, -0.2) is 0 Å². The Morgan fingerprint density at radius 3 is 2.19 bits per heavy atom. The van der Waals surface area contributed by atoms with Crippen LogP contribution in [0.1, 0.15) is 42.5 Å². The molecule has 2 aromatic rings. The second-order valence-electron chi connectivity index (χ2n) is 6.26. The molecule has 0 amide bonds. The van der Waals surface area contributed by atoms with E-state index in [2.05, 4.69) is 11.2 Å². The van der Waals surface area contributed by atoms with E-state index in [0.29, 0.717) is 23.4 Å². The normalized spacial score (nSPS) is 20.0. The molecule has 2 nitrogen and oxygen atoms in total. The van der Waals surface area contributed by atoms with Crippen LogP contribution in [0.5, 0.6) is 0 Å². The van der Waals surface area contributed by atoms with Crippen LogP contribution in [0.15, 0.2) is 41.6 Å². The summed E-state index contributed by atoms with van der Waals surface area (Å²) in [5.74, 6) is 0. The standard InChI is InChI=1S/C20H18ClF3NO/c1-3-13-9-14(4-2)11-16(10-13)19(20(22,23)24)12-18(25-26-19)15-5-7-17(21)8-6-15/h5-8,10-11H,3-4,12H2,1-2H3. The van der Waals surface area contributed by atoms with Crippen LogP contribution in [0.3, 0.4) is 0 Å². The Labute approximate surface area is 155 Å². The lowest BCUT2D eigenvalue weighted by atomic mass is 9.84. The van der Waals surface area contributed by atoms with Crippen molar-refractivity contribution in [1.29, 1.82) is 0 Å². The van der Waals surface area contributed by atoms with E-state index in [1.54, 1.807) is 24.3 Å². The maximum atomic E-state index is 14.1. The monoisotopic (exact) mass is 380 g/mol. The van der Waals surface area contributed by atoms with E-state index >= 15 is 0 Å². The molecule has 2 aromatic carbocycles. The van der Waals surface area contributed by atoms with Gasteiger partial charge >= 0.3 is 6.18 Å². The summed E-state index contributed by atoms with van der Waals surface area (Å²) in [6.07, 6.45) is -3.80. The summed E-state index contributed by atoms with van der Waals surface area (Å²) in [6.45, 7) is 3.78. The Hall–Kier alpha value is -2.01. The fourth-order valence-corrected chi connectivity index (χ4v) is 3.14. The van der Waals surface area contributed by atoms with E-state index in [-0.39, 0.29) is 17.7 Å². The summed E-state index contributed by atoms with van der Waals surface area (Å²) in [5, 5.41) is 4.29. The third-order valence-corrected chi connectivity index (χ3v) is 4.82. The molecule has 1 atom stereocenters. The third kappa shape index (κ3) is 3.32. The molecule has 0 saturated heterocycles. The summed E-state index contributed by atoms with van der Waals surface area (Å²) >= 11 is 5.86. The van der Waals surface area contributed by atoms with Crippen molar-refractivity contribution in [1.82, 2.24) is 0 Å². The zero-order valence-corrected chi connectivity index (χ0v) is 15.2. The average molecular weight is 381 g/mol. The van der Waals surface area contributed by atoms with Gasteiger partial charge in [-0.05, 0) is 47.7 Å². The SMILES string of the molecule is CCc1[c]c(CC)cc(C2(C(F)(F)F)CC(c3ccc(Cl)cc3)=NO2)c1. The van der Waals surface area contributed by atoms with Gasteiger partial charge in [-0.1, -0.05) is 54.9 Å². The van der Waals surface area contributed by atoms with Crippen LogP contribution in [0, 0.1) is 6.07 Å². The van der Waals surface area contributed by atoms with Gasteiger partial charge in [0.05, 0.1) is 5.71 Å². The Balaban J connectivity index is 2.05. The number of benzene rings is 2. The molecule has 1 aliphatic heterocycles. The molecule has 0 saturated carbocycles. The van der Waals surface area contributed by atoms with Crippen LogP contribution in [0.2, 0.25) is 5.02 Å². The highest BCUT2D eigenvalue weighted by Gasteiger charge is 2.62. The van der Waals surface area contributed by atoms with Crippen molar-refractivity contribution in [3.63, 3.8) is 0 Å². The Bertz CT molecular complexity index is 808. The third-order valence-electron chi connectivity index (χ3n) is 4.57. The number of rotatable bonds is 4. The van der Waals surface area contributed by atoms with Gasteiger partial charge in [0.15, 0.2) is 0 Å². The minimum absolute atomic E-state index is 0.0742. The number of nitrogens with zero attached hydrogens (tertiary/aromatic N) is 1.